The Morgan fingerprint density at radius 1 is 1.64 bits per heavy atom. The number of carbonyl (C=O) groups excluding carboxylic acids is 1. The van der Waals surface area contributed by atoms with Gasteiger partial charge in [-0.15, -0.1) is 0 Å². The first-order chi connectivity index (χ1) is 6.47. The number of rotatable bonds is 5. The molecule has 3 N–H and O–H groups in total. The van der Waals surface area contributed by atoms with E-state index in [1.165, 1.54) is 12.8 Å². The lowest BCUT2D eigenvalue weighted by Crippen LogP contribution is -2.52. The molecule has 1 atom stereocenters. The number of nitrogens with one attached hydrogen (secondary N) is 1. The molecule has 0 aliphatic heterocycles. The molecule has 14 heavy (non-hydrogen) atoms. The van der Waals surface area contributed by atoms with Gasteiger partial charge in [-0.1, -0.05) is 0 Å². The topological polar surface area (TPSA) is 64.3 Å². The van der Waals surface area contributed by atoms with Crippen molar-refractivity contribution in [1.82, 2.24) is 5.32 Å². The number of amides is 1. The normalized spacial score (nSPS) is 19.1. The minimum Gasteiger partial charge on any atom is -0.383 e. The van der Waals surface area contributed by atoms with Crippen LogP contribution in [0.3, 0.4) is 0 Å². The molecule has 4 heteroatoms. The lowest BCUT2D eigenvalue weighted by atomic mass is 9.98. The Balaban J connectivity index is 2.38. The predicted molar refractivity (Wildman–Crippen MR) is 54.8 cm³/mol. The zero-order chi connectivity index (χ0) is 10.8. The van der Waals surface area contributed by atoms with Crippen LogP contribution in [0.2, 0.25) is 0 Å². The van der Waals surface area contributed by atoms with Gasteiger partial charge in [0.2, 0.25) is 5.91 Å². The fourth-order valence-corrected chi connectivity index (χ4v) is 1.57. The van der Waals surface area contributed by atoms with E-state index in [0.29, 0.717) is 5.92 Å². The summed E-state index contributed by atoms with van der Waals surface area (Å²) in [4.78, 5) is 11.6. The van der Waals surface area contributed by atoms with Crippen LogP contribution >= 0.6 is 0 Å². The average Bonchev–Trinajstić information content (AvgIpc) is 2.85. The standard InChI is InChI=1S/C10H20N2O2/c1-10(2,7-4-5-7)12-9(13)8(11)6-14-3/h7-8H,4-6,11H2,1-3H3,(H,12,13). The molecule has 4 nitrogen and oxygen atoms in total. The van der Waals surface area contributed by atoms with E-state index in [1.807, 2.05) is 13.8 Å². The Morgan fingerprint density at radius 2 is 2.21 bits per heavy atom. The summed E-state index contributed by atoms with van der Waals surface area (Å²) in [7, 11) is 1.54. The van der Waals surface area contributed by atoms with Crippen LogP contribution in [-0.2, 0) is 9.53 Å². The number of hydrogen-bond donors (Lipinski definition) is 2. The lowest BCUT2D eigenvalue weighted by Gasteiger charge is -2.27. The minimum absolute atomic E-state index is 0.122. The van der Waals surface area contributed by atoms with Gasteiger partial charge < -0.3 is 15.8 Å². The van der Waals surface area contributed by atoms with Crippen LogP contribution in [-0.4, -0.2) is 31.2 Å². The average molecular weight is 200 g/mol. The lowest BCUT2D eigenvalue weighted by molar-refractivity contribution is -0.125. The van der Waals surface area contributed by atoms with Gasteiger partial charge in [-0.05, 0) is 32.6 Å². The van der Waals surface area contributed by atoms with Crippen LogP contribution in [0.25, 0.3) is 0 Å². The molecular weight excluding hydrogens is 180 g/mol. The molecule has 0 spiro atoms. The molecule has 0 heterocycles. The van der Waals surface area contributed by atoms with E-state index in [4.69, 9.17) is 10.5 Å². The number of hydrogen-bond acceptors (Lipinski definition) is 3. The molecule has 0 aromatic heterocycles. The van der Waals surface area contributed by atoms with Crippen molar-refractivity contribution in [2.45, 2.75) is 38.3 Å². The zero-order valence-electron chi connectivity index (χ0n) is 9.17. The highest BCUT2D eigenvalue weighted by atomic mass is 16.5. The highest BCUT2D eigenvalue weighted by Crippen LogP contribution is 2.39. The van der Waals surface area contributed by atoms with Crippen LogP contribution in [0.4, 0.5) is 0 Å². The smallest absolute Gasteiger partial charge is 0.239 e. The van der Waals surface area contributed by atoms with Crippen molar-refractivity contribution in [3.63, 3.8) is 0 Å². The third kappa shape index (κ3) is 2.96. The molecule has 1 aliphatic rings. The molecule has 0 saturated heterocycles. The van der Waals surface area contributed by atoms with E-state index >= 15 is 0 Å². The summed E-state index contributed by atoms with van der Waals surface area (Å²) >= 11 is 0. The molecule has 1 amide bonds. The highest BCUT2D eigenvalue weighted by molar-refractivity contribution is 5.82. The van der Waals surface area contributed by atoms with E-state index in [9.17, 15) is 4.79 Å². The van der Waals surface area contributed by atoms with Gasteiger partial charge in [0.1, 0.15) is 6.04 Å². The molecule has 1 rings (SSSR count). The largest absolute Gasteiger partial charge is 0.383 e. The molecule has 1 saturated carbocycles. The van der Waals surface area contributed by atoms with E-state index in [2.05, 4.69) is 5.32 Å². The van der Waals surface area contributed by atoms with Gasteiger partial charge in [-0.3, -0.25) is 4.79 Å². The Kier molecular flexibility index (Phi) is 3.50. The van der Waals surface area contributed by atoms with Gasteiger partial charge in [0.05, 0.1) is 6.61 Å². The van der Waals surface area contributed by atoms with Gasteiger partial charge in [-0.25, -0.2) is 0 Å². The van der Waals surface area contributed by atoms with Crippen molar-refractivity contribution in [2.24, 2.45) is 11.7 Å². The number of methoxy groups -OCH3 is 1. The van der Waals surface area contributed by atoms with E-state index < -0.39 is 6.04 Å². The van der Waals surface area contributed by atoms with Crippen molar-refractivity contribution in [1.29, 1.82) is 0 Å². The summed E-state index contributed by atoms with van der Waals surface area (Å²) in [5.74, 6) is 0.491. The summed E-state index contributed by atoms with van der Waals surface area (Å²) < 4.78 is 4.83. The second-order valence-corrected chi connectivity index (χ2v) is 4.55. The third-order valence-corrected chi connectivity index (χ3v) is 2.73. The van der Waals surface area contributed by atoms with E-state index in [1.54, 1.807) is 7.11 Å². The molecule has 1 fully saturated rings. The second-order valence-electron chi connectivity index (χ2n) is 4.55. The maximum absolute atomic E-state index is 11.6. The molecule has 1 unspecified atom stereocenters. The third-order valence-electron chi connectivity index (χ3n) is 2.73. The van der Waals surface area contributed by atoms with Crippen LogP contribution in [0.5, 0.6) is 0 Å². The number of carbonyl (C=O) groups is 1. The Hall–Kier alpha value is -0.610. The van der Waals surface area contributed by atoms with Gasteiger partial charge in [0.25, 0.3) is 0 Å². The van der Waals surface area contributed by atoms with Crippen molar-refractivity contribution in [3.8, 4) is 0 Å². The SMILES string of the molecule is COCC(N)C(=O)NC(C)(C)C1CC1. The quantitative estimate of drug-likeness (QED) is 0.669. The second kappa shape index (κ2) is 4.28. The summed E-state index contributed by atoms with van der Waals surface area (Å²) in [6.45, 7) is 4.36. The highest BCUT2D eigenvalue weighted by Gasteiger charge is 2.39. The monoisotopic (exact) mass is 200 g/mol. The number of ether oxygens (including phenoxy) is 1. The Bertz CT molecular complexity index is 212. The van der Waals surface area contributed by atoms with E-state index in [0.717, 1.165) is 0 Å². The predicted octanol–water partition coefficient (Wildman–Crippen LogP) is 0.265. The zero-order valence-corrected chi connectivity index (χ0v) is 9.17. The number of nitrogens with two attached hydrogens (primary N) is 1. The summed E-state index contributed by atoms with van der Waals surface area (Å²) in [6.07, 6.45) is 2.40. The molecule has 0 aromatic rings. The van der Waals surface area contributed by atoms with Gasteiger partial charge in [0, 0.05) is 12.6 Å². The molecule has 82 valence electrons. The van der Waals surface area contributed by atoms with Crippen LogP contribution in [0.1, 0.15) is 26.7 Å². The molecular formula is C10H20N2O2. The minimum atomic E-state index is -0.557. The van der Waals surface area contributed by atoms with Crippen molar-refractivity contribution >= 4 is 5.91 Å². The maximum Gasteiger partial charge on any atom is 0.239 e. The fraction of sp³-hybridized carbons (Fsp3) is 0.900. The first-order valence-corrected chi connectivity index (χ1v) is 5.04. The molecule has 1 aliphatic carbocycles. The summed E-state index contributed by atoms with van der Waals surface area (Å²) in [5.41, 5.74) is 5.50. The van der Waals surface area contributed by atoms with Crippen LogP contribution in [0.15, 0.2) is 0 Å². The van der Waals surface area contributed by atoms with Gasteiger partial charge >= 0.3 is 0 Å². The van der Waals surface area contributed by atoms with Crippen LogP contribution < -0.4 is 11.1 Å². The van der Waals surface area contributed by atoms with Crippen molar-refractivity contribution in [2.75, 3.05) is 13.7 Å². The Morgan fingerprint density at radius 3 is 2.64 bits per heavy atom. The summed E-state index contributed by atoms with van der Waals surface area (Å²) in [6, 6.07) is -0.557. The first-order valence-electron chi connectivity index (χ1n) is 5.04. The van der Waals surface area contributed by atoms with Crippen LogP contribution in [0, 0.1) is 5.92 Å². The van der Waals surface area contributed by atoms with E-state index in [-0.39, 0.29) is 18.1 Å². The molecule has 0 bridgehead atoms. The van der Waals surface area contributed by atoms with Gasteiger partial charge in [-0.2, -0.15) is 0 Å². The molecule has 0 radical (unpaired) electrons. The first kappa shape index (κ1) is 11.5. The molecule has 0 aromatic carbocycles. The fourth-order valence-electron chi connectivity index (χ4n) is 1.57. The summed E-state index contributed by atoms with van der Waals surface area (Å²) in [5, 5.41) is 2.96. The Labute approximate surface area is 85.2 Å². The van der Waals surface area contributed by atoms with Crippen molar-refractivity contribution < 1.29 is 9.53 Å². The maximum atomic E-state index is 11.6. The van der Waals surface area contributed by atoms with Crippen molar-refractivity contribution in [3.05, 3.63) is 0 Å². The van der Waals surface area contributed by atoms with Gasteiger partial charge in [0.15, 0.2) is 0 Å².